The summed E-state index contributed by atoms with van der Waals surface area (Å²) in [6.45, 7) is 7.04. The summed E-state index contributed by atoms with van der Waals surface area (Å²) >= 11 is 0. The number of halogens is 1. The van der Waals surface area contributed by atoms with Crippen LogP contribution in [-0.4, -0.2) is 47.2 Å². The zero-order chi connectivity index (χ0) is 20.2. The molecule has 1 aliphatic rings. The summed E-state index contributed by atoms with van der Waals surface area (Å²) in [5.41, 5.74) is 3.03. The van der Waals surface area contributed by atoms with Crippen LogP contribution < -0.4 is 10.5 Å². The molecule has 6 heteroatoms. The molecule has 29 heavy (non-hydrogen) atoms. The second-order valence-corrected chi connectivity index (χ2v) is 7.63. The van der Waals surface area contributed by atoms with Crippen LogP contribution in [0.15, 0.2) is 53.3 Å². The minimum Gasteiger partial charge on any atom is -0.367 e. The van der Waals surface area contributed by atoms with E-state index in [2.05, 4.69) is 14.8 Å². The minimum atomic E-state index is -0.147. The van der Waals surface area contributed by atoms with Gasteiger partial charge >= 0.3 is 0 Å². The van der Waals surface area contributed by atoms with E-state index in [-0.39, 0.29) is 11.4 Å². The van der Waals surface area contributed by atoms with Crippen molar-refractivity contribution in [2.24, 2.45) is 0 Å². The smallest absolute Gasteiger partial charge is 0.272 e. The lowest BCUT2D eigenvalue weighted by Crippen LogP contribution is -2.46. The van der Waals surface area contributed by atoms with E-state index < -0.39 is 0 Å². The number of aryl methyl sites for hydroxylation is 2. The molecule has 1 aliphatic heterocycles. The molecule has 1 saturated heterocycles. The Morgan fingerprint density at radius 2 is 1.62 bits per heavy atom. The Balaban J connectivity index is 1.29. The van der Waals surface area contributed by atoms with E-state index in [1.54, 1.807) is 13.0 Å². The number of fused-ring (bicyclic) bond motifs is 1. The van der Waals surface area contributed by atoms with E-state index >= 15 is 0 Å². The molecule has 152 valence electrons. The van der Waals surface area contributed by atoms with Gasteiger partial charge in [-0.25, -0.2) is 9.37 Å². The average Bonchev–Trinajstić information content (AvgIpc) is 2.74. The molecule has 4 rings (SSSR count). The van der Waals surface area contributed by atoms with Crippen molar-refractivity contribution in [3.05, 3.63) is 70.4 Å². The van der Waals surface area contributed by atoms with Crippen LogP contribution >= 0.6 is 0 Å². The van der Waals surface area contributed by atoms with Crippen LogP contribution in [0.2, 0.25) is 0 Å². The van der Waals surface area contributed by atoms with Gasteiger partial charge in [-0.15, -0.1) is 0 Å². The summed E-state index contributed by atoms with van der Waals surface area (Å²) in [7, 11) is 0. The first-order valence-electron chi connectivity index (χ1n) is 10.3. The molecule has 0 unspecified atom stereocenters. The summed E-state index contributed by atoms with van der Waals surface area (Å²) in [6.07, 6.45) is 1.97. The molecule has 0 atom stereocenters. The number of aromatic nitrogens is 2. The van der Waals surface area contributed by atoms with Crippen molar-refractivity contribution in [3.8, 4) is 0 Å². The number of anilines is 1. The van der Waals surface area contributed by atoms with Crippen molar-refractivity contribution >= 4 is 16.7 Å². The highest BCUT2D eigenvalue weighted by molar-refractivity contribution is 5.74. The van der Waals surface area contributed by atoms with Gasteiger partial charge in [-0.1, -0.05) is 24.3 Å². The van der Waals surface area contributed by atoms with E-state index in [0.717, 1.165) is 56.6 Å². The van der Waals surface area contributed by atoms with Gasteiger partial charge in [0.25, 0.3) is 5.56 Å². The van der Waals surface area contributed by atoms with Crippen LogP contribution in [0.4, 0.5) is 10.1 Å². The monoisotopic (exact) mass is 394 g/mol. The maximum atomic E-state index is 14.0. The molecule has 0 radical (unpaired) electrons. The first-order chi connectivity index (χ1) is 14.1. The van der Waals surface area contributed by atoms with Crippen LogP contribution in [0.1, 0.15) is 18.5 Å². The van der Waals surface area contributed by atoms with E-state index in [4.69, 9.17) is 0 Å². The van der Waals surface area contributed by atoms with Gasteiger partial charge in [0.1, 0.15) is 11.5 Å². The molecule has 1 fully saturated rings. The molecule has 1 aromatic heterocycles. The lowest BCUT2D eigenvalue weighted by Gasteiger charge is -2.36. The molecule has 5 nitrogen and oxygen atoms in total. The molecule has 2 aromatic carbocycles. The van der Waals surface area contributed by atoms with Crippen LogP contribution in [0.25, 0.3) is 11.0 Å². The normalized spacial score (nSPS) is 15.2. The highest BCUT2D eigenvalue weighted by atomic mass is 19.1. The maximum absolute atomic E-state index is 14.0. The topological polar surface area (TPSA) is 41.4 Å². The lowest BCUT2D eigenvalue weighted by atomic mass is 10.2. The van der Waals surface area contributed by atoms with Crippen molar-refractivity contribution in [1.29, 1.82) is 0 Å². The SMILES string of the molecule is Cc1nc2ccccc2n(CCCCN2CCN(c3ccccc3F)CC2)c1=O. The third-order valence-electron chi connectivity index (χ3n) is 5.69. The number of nitrogens with zero attached hydrogens (tertiary/aromatic N) is 4. The third kappa shape index (κ3) is 4.32. The molecule has 0 aliphatic carbocycles. The lowest BCUT2D eigenvalue weighted by molar-refractivity contribution is 0.250. The predicted molar refractivity (Wildman–Crippen MR) is 115 cm³/mol. The molecule has 2 heterocycles. The standard InChI is InChI=1S/C23H27FN4O/c1-18-23(29)28(22-11-5-3-9-20(22)25-18)13-7-6-12-26-14-16-27(17-15-26)21-10-4-2-8-19(21)24/h2-5,8-11H,6-7,12-17H2,1H3. The van der Waals surface area contributed by atoms with E-state index in [1.165, 1.54) is 6.07 Å². The third-order valence-corrected chi connectivity index (χ3v) is 5.69. The van der Waals surface area contributed by atoms with Gasteiger partial charge in [0.05, 0.1) is 16.7 Å². The summed E-state index contributed by atoms with van der Waals surface area (Å²) in [4.78, 5) is 21.5. The summed E-state index contributed by atoms with van der Waals surface area (Å²) in [5.74, 6) is -0.147. The van der Waals surface area contributed by atoms with Gasteiger partial charge in [-0.2, -0.15) is 0 Å². The first-order valence-corrected chi connectivity index (χ1v) is 10.3. The van der Waals surface area contributed by atoms with Crippen LogP contribution in [0, 0.1) is 12.7 Å². The Labute approximate surface area is 170 Å². The molecule has 0 spiro atoms. The van der Waals surface area contributed by atoms with E-state index in [1.807, 2.05) is 41.0 Å². The number of para-hydroxylation sites is 3. The van der Waals surface area contributed by atoms with E-state index in [0.29, 0.717) is 17.9 Å². The molecule has 3 aromatic rings. The summed E-state index contributed by atoms with van der Waals surface area (Å²) in [6, 6.07) is 14.8. The number of unbranched alkanes of at least 4 members (excludes halogenated alkanes) is 1. The maximum Gasteiger partial charge on any atom is 0.272 e. The van der Waals surface area contributed by atoms with Crippen molar-refractivity contribution in [2.75, 3.05) is 37.6 Å². The van der Waals surface area contributed by atoms with Crippen molar-refractivity contribution < 1.29 is 4.39 Å². The van der Waals surface area contributed by atoms with Crippen molar-refractivity contribution in [2.45, 2.75) is 26.3 Å². The molecule has 0 saturated carbocycles. The summed E-state index contributed by atoms with van der Waals surface area (Å²) < 4.78 is 15.8. The second-order valence-electron chi connectivity index (χ2n) is 7.63. The Hall–Kier alpha value is -2.73. The Bertz CT molecular complexity index is 1040. The fourth-order valence-corrected chi connectivity index (χ4v) is 4.07. The number of benzene rings is 2. The number of rotatable bonds is 6. The van der Waals surface area contributed by atoms with Crippen molar-refractivity contribution in [3.63, 3.8) is 0 Å². The Morgan fingerprint density at radius 1 is 0.931 bits per heavy atom. The van der Waals surface area contributed by atoms with Gasteiger partial charge in [0.15, 0.2) is 0 Å². The Kier molecular flexibility index (Phi) is 5.90. The number of hydrogen-bond donors (Lipinski definition) is 0. The highest BCUT2D eigenvalue weighted by Gasteiger charge is 2.18. The van der Waals surface area contributed by atoms with Gasteiger partial charge in [-0.05, 0) is 50.6 Å². The van der Waals surface area contributed by atoms with Crippen LogP contribution in [0.3, 0.4) is 0 Å². The predicted octanol–water partition coefficient (Wildman–Crippen LogP) is 3.45. The van der Waals surface area contributed by atoms with Gasteiger partial charge < -0.3 is 9.47 Å². The Morgan fingerprint density at radius 3 is 2.41 bits per heavy atom. The van der Waals surface area contributed by atoms with Crippen LogP contribution in [0.5, 0.6) is 0 Å². The average molecular weight is 394 g/mol. The fourth-order valence-electron chi connectivity index (χ4n) is 4.07. The van der Waals surface area contributed by atoms with Gasteiger partial charge in [0, 0.05) is 32.7 Å². The molecule has 0 amide bonds. The zero-order valence-corrected chi connectivity index (χ0v) is 16.9. The van der Waals surface area contributed by atoms with Gasteiger partial charge in [0.2, 0.25) is 0 Å². The molecule has 0 N–H and O–H groups in total. The van der Waals surface area contributed by atoms with E-state index in [9.17, 15) is 9.18 Å². The molecular weight excluding hydrogens is 367 g/mol. The quantitative estimate of drug-likeness (QED) is 0.601. The molecular formula is C23H27FN4O. The first kappa shape index (κ1) is 19.6. The van der Waals surface area contributed by atoms with Crippen molar-refractivity contribution in [1.82, 2.24) is 14.5 Å². The zero-order valence-electron chi connectivity index (χ0n) is 16.9. The molecule has 0 bridgehead atoms. The summed E-state index contributed by atoms with van der Waals surface area (Å²) in [5, 5.41) is 0. The number of hydrogen-bond acceptors (Lipinski definition) is 4. The second kappa shape index (κ2) is 8.74. The minimum absolute atomic E-state index is 0.00204. The van der Waals surface area contributed by atoms with Gasteiger partial charge in [-0.3, -0.25) is 9.69 Å². The largest absolute Gasteiger partial charge is 0.367 e. The highest BCUT2D eigenvalue weighted by Crippen LogP contribution is 2.20. The number of piperazine rings is 1. The fraction of sp³-hybridized carbons (Fsp3) is 0.391. The van der Waals surface area contributed by atoms with Crippen LogP contribution in [-0.2, 0) is 6.54 Å².